The van der Waals surface area contributed by atoms with E-state index in [9.17, 15) is 14.4 Å². The average molecular weight is 538 g/mol. The number of aromatic nitrogens is 2. The Hall–Kier alpha value is -4.02. The molecule has 5 rings (SSSR count). The Morgan fingerprint density at radius 1 is 1.14 bits per heavy atom. The molecule has 0 radical (unpaired) electrons. The standard InChI is InChI=1S/C26H20ClN3O6S/c1-2-34-26(33)28-17-6-8-19-15(10-23(31)36-22(19)12-17)14-37-25-29-21-11-16(27)5-7-20(21)24(32)30(25)13-18-4-3-9-35-18/h3-12H,2,13-14H2,1H3,(H,28,33). The van der Waals surface area contributed by atoms with Crippen molar-refractivity contribution in [3.8, 4) is 0 Å². The number of ether oxygens (including phenoxy) is 1. The number of hydrogen-bond donors (Lipinski definition) is 1. The lowest BCUT2D eigenvalue weighted by molar-refractivity contribution is 0.168. The first kappa shape index (κ1) is 24.7. The summed E-state index contributed by atoms with van der Waals surface area (Å²) in [6, 6.07) is 14.9. The summed E-state index contributed by atoms with van der Waals surface area (Å²) in [6.45, 7) is 2.13. The third-order valence-corrected chi connectivity index (χ3v) is 6.75. The number of amides is 1. The molecule has 9 nitrogen and oxygen atoms in total. The minimum Gasteiger partial charge on any atom is -0.467 e. The molecule has 1 N–H and O–H groups in total. The summed E-state index contributed by atoms with van der Waals surface area (Å²) >= 11 is 7.44. The normalized spacial score (nSPS) is 11.2. The number of benzene rings is 2. The maximum absolute atomic E-state index is 13.4. The monoisotopic (exact) mass is 537 g/mol. The zero-order valence-corrected chi connectivity index (χ0v) is 21.1. The molecule has 1 amide bonds. The van der Waals surface area contributed by atoms with E-state index in [1.54, 1.807) is 61.7 Å². The topological polar surface area (TPSA) is 117 Å². The van der Waals surface area contributed by atoms with Gasteiger partial charge >= 0.3 is 11.7 Å². The van der Waals surface area contributed by atoms with Crippen LogP contribution in [0.15, 0.2) is 84.4 Å². The second-order valence-electron chi connectivity index (χ2n) is 7.96. The fourth-order valence-electron chi connectivity index (χ4n) is 3.84. The number of furan rings is 1. The van der Waals surface area contributed by atoms with Crippen molar-refractivity contribution in [2.75, 3.05) is 11.9 Å². The molecule has 0 saturated carbocycles. The zero-order valence-electron chi connectivity index (χ0n) is 19.5. The Labute approximate surface area is 219 Å². The highest BCUT2D eigenvalue weighted by molar-refractivity contribution is 7.98. The molecule has 2 aromatic carbocycles. The molecular weight excluding hydrogens is 518 g/mol. The number of halogens is 1. The number of nitrogens with zero attached hydrogens (tertiary/aromatic N) is 2. The summed E-state index contributed by atoms with van der Waals surface area (Å²) in [5.74, 6) is 0.926. The van der Waals surface area contributed by atoms with E-state index in [2.05, 4.69) is 5.32 Å². The maximum atomic E-state index is 13.4. The van der Waals surface area contributed by atoms with Crippen LogP contribution in [-0.2, 0) is 17.0 Å². The lowest BCUT2D eigenvalue weighted by atomic mass is 10.1. The molecule has 0 aliphatic rings. The van der Waals surface area contributed by atoms with Crippen LogP contribution in [0.25, 0.3) is 21.9 Å². The fourth-order valence-corrected chi connectivity index (χ4v) is 4.99. The van der Waals surface area contributed by atoms with Gasteiger partial charge in [0.2, 0.25) is 0 Å². The summed E-state index contributed by atoms with van der Waals surface area (Å²) in [5, 5.41) is 4.63. The summed E-state index contributed by atoms with van der Waals surface area (Å²) in [7, 11) is 0. The number of carbonyl (C=O) groups excluding carboxylic acids is 1. The first-order chi connectivity index (χ1) is 17.9. The van der Waals surface area contributed by atoms with Gasteiger partial charge in [-0.1, -0.05) is 23.4 Å². The molecule has 11 heteroatoms. The maximum Gasteiger partial charge on any atom is 0.411 e. The molecule has 0 aliphatic carbocycles. The van der Waals surface area contributed by atoms with E-state index >= 15 is 0 Å². The third kappa shape index (κ3) is 5.40. The number of thioether (sulfide) groups is 1. The van der Waals surface area contributed by atoms with Crippen molar-refractivity contribution in [2.24, 2.45) is 0 Å². The summed E-state index contributed by atoms with van der Waals surface area (Å²) < 4.78 is 17.3. The highest BCUT2D eigenvalue weighted by Crippen LogP contribution is 2.28. The van der Waals surface area contributed by atoms with Crippen molar-refractivity contribution in [1.82, 2.24) is 9.55 Å². The molecule has 0 aliphatic heterocycles. The van der Waals surface area contributed by atoms with Gasteiger partial charge in [0.25, 0.3) is 5.56 Å². The van der Waals surface area contributed by atoms with Crippen LogP contribution in [0.4, 0.5) is 10.5 Å². The second kappa shape index (κ2) is 10.5. The van der Waals surface area contributed by atoms with Gasteiger partial charge in [0.15, 0.2) is 5.16 Å². The number of rotatable bonds is 7. The highest BCUT2D eigenvalue weighted by atomic mass is 35.5. The molecule has 3 heterocycles. The van der Waals surface area contributed by atoms with Gasteiger partial charge in [-0.3, -0.25) is 14.7 Å². The number of carbonyl (C=O) groups is 1. The first-order valence-corrected chi connectivity index (χ1v) is 12.6. The van der Waals surface area contributed by atoms with E-state index in [1.165, 1.54) is 22.4 Å². The molecule has 188 valence electrons. The molecule has 5 aromatic rings. The number of anilines is 1. The van der Waals surface area contributed by atoms with Crippen molar-refractivity contribution in [2.45, 2.75) is 24.4 Å². The number of hydrogen-bond acceptors (Lipinski definition) is 8. The van der Waals surface area contributed by atoms with Crippen molar-refractivity contribution in [3.63, 3.8) is 0 Å². The smallest absolute Gasteiger partial charge is 0.411 e. The fraction of sp³-hybridized carbons (Fsp3) is 0.154. The Kier molecular flexibility index (Phi) is 7.02. The van der Waals surface area contributed by atoms with Crippen molar-refractivity contribution >= 4 is 57.0 Å². The van der Waals surface area contributed by atoms with E-state index in [0.29, 0.717) is 54.8 Å². The Balaban J connectivity index is 1.51. The predicted molar refractivity (Wildman–Crippen MR) is 142 cm³/mol. The molecule has 0 saturated heterocycles. The minimum atomic E-state index is -0.604. The second-order valence-corrected chi connectivity index (χ2v) is 9.34. The van der Waals surface area contributed by atoms with Gasteiger partial charge < -0.3 is 13.6 Å². The molecule has 0 bridgehead atoms. The summed E-state index contributed by atoms with van der Waals surface area (Å²) in [4.78, 5) is 42.1. The van der Waals surface area contributed by atoms with E-state index < -0.39 is 11.7 Å². The molecule has 0 spiro atoms. The minimum absolute atomic E-state index is 0.195. The first-order valence-electron chi connectivity index (χ1n) is 11.3. The lowest BCUT2D eigenvalue weighted by Gasteiger charge is -2.13. The predicted octanol–water partition coefficient (Wildman–Crippen LogP) is 5.66. The Morgan fingerprint density at radius 2 is 1.97 bits per heavy atom. The quantitative estimate of drug-likeness (QED) is 0.161. The van der Waals surface area contributed by atoms with Gasteiger partial charge in [-0.15, -0.1) is 0 Å². The van der Waals surface area contributed by atoms with Crippen LogP contribution < -0.4 is 16.5 Å². The van der Waals surface area contributed by atoms with Crippen LogP contribution in [0.2, 0.25) is 5.02 Å². The molecule has 37 heavy (non-hydrogen) atoms. The van der Waals surface area contributed by atoms with Crippen LogP contribution in [0, 0.1) is 0 Å². The van der Waals surface area contributed by atoms with E-state index in [4.69, 9.17) is 30.2 Å². The number of fused-ring (bicyclic) bond motifs is 2. The van der Waals surface area contributed by atoms with Gasteiger partial charge in [0.05, 0.1) is 30.3 Å². The number of nitrogens with one attached hydrogen (secondary N) is 1. The Bertz CT molecular complexity index is 1730. The summed E-state index contributed by atoms with van der Waals surface area (Å²) in [5.41, 5.74) is 1.13. The molecule has 3 aromatic heterocycles. The van der Waals surface area contributed by atoms with Crippen LogP contribution in [0.5, 0.6) is 0 Å². The van der Waals surface area contributed by atoms with Crippen LogP contribution in [-0.4, -0.2) is 22.3 Å². The van der Waals surface area contributed by atoms with Crippen LogP contribution in [0.3, 0.4) is 0 Å². The van der Waals surface area contributed by atoms with Gasteiger partial charge in [-0.2, -0.15) is 0 Å². The highest BCUT2D eigenvalue weighted by Gasteiger charge is 2.16. The molecule has 0 atom stereocenters. The third-order valence-electron chi connectivity index (χ3n) is 5.49. The van der Waals surface area contributed by atoms with Crippen LogP contribution in [0.1, 0.15) is 18.2 Å². The average Bonchev–Trinajstić information content (AvgIpc) is 3.37. The van der Waals surface area contributed by atoms with Crippen molar-refractivity contribution in [3.05, 3.63) is 98.0 Å². The van der Waals surface area contributed by atoms with Crippen molar-refractivity contribution < 1.29 is 18.4 Å². The zero-order chi connectivity index (χ0) is 25.9. The van der Waals surface area contributed by atoms with Gasteiger partial charge in [-0.05, 0) is 55.0 Å². The molecular formula is C26H20ClN3O6S. The SMILES string of the molecule is CCOC(=O)Nc1ccc2c(CSc3nc4cc(Cl)ccc4c(=O)n3Cc3ccco3)cc(=O)oc2c1. The summed E-state index contributed by atoms with van der Waals surface area (Å²) in [6.07, 6.45) is 0.940. The Morgan fingerprint density at radius 3 is 2.76 bits per heavy atom. The van der Waals surface area contributed by atoms with E-state index in [1.807, 2.05) is 0 Å². The largest absolute Gasteiger partial charge is 0.467 e. The molecule has 0 unspecified atom stereocenters. The van der Waals surface area contributed by atoms with Crippen molar-refractivity contribution in [1.29, 1.82) is 0 Å². The van der Waals surface area contributed by atoms with Gasteiger partial charge in [0, 0.05) is 34.0 Å². The van der Waals surface area contributed by atoms with Gasteiger partial charge in [-0.25, -0.2) is 14.6 Å². The van der Waals surface area contributed by atoms with Crippen LogP contribution >= 0.6 is 23.4 Å². The van der Waals surface area contributed by atoms with E-state index in [-0.39, 0.29) is 18.7 Å². The van der Waals surface area contributed by atoms with E-state index in [0.717, 1.165) is 0 Å². The lowest BCUT2D eigenvalue weighted by Crippen LogP contribution is -2.23. The van der Waals surface area contributed by atoms with Gasteiger partial charge in [0.1, 0.15) is 11.3 Å². The molecule has 0 fully saturated rings.